The molecule has 5 nitrogen and oxygen atoms in total. The summed E-state index contributed by atoms with van der Waals surface area (Å²) in [5, 5.41) is 0. The zero-order chi connectivity index (χ0) is 17.8. The Labute approximate surface area is 145 Å². The van der Waals surface area contributed by atoms with Crippen LogP contribution in [0.3, 0.4) is 0 Å². The molecule has 2 amide bonds. The molecule has 0 aliphatic carbocycles. The first-order valence-corrected chi connectivity index (χ1v) is 8.08. The van der Waals surface area contributed by atoms with Crippen LogP contribution in [-0.2, 0) is 4.79 Å². The highest BCUT2D eigenvalue weighted by atomic mass is 19.1. The summed E-state index contributed by atoms with van der Waals surface area (Å²) in [6, 6.07) is 12.5. The highest BCUT2D eigenvalue weighted by Gasteiger charge is 2.26. The lowest BCUT2D eigenvalue weighted by Gasteiger charge is -2.28. The van der Waals surface area contributed by atoms with E-state index in [4.69, 9.17) is 4.74 Å². The molecule has 0 radical (unpaired) electrons. The average molecular weight is 342 g/mol. The van der Waals surface area contributed by atoms with Gasteiger partial charge in [0.1, 0.15) is 18.2 Å². The maximum absolute atomic E-state index is 13.3. The molecule has 1 aliphatic rings. The van der Waals surface area contributed by atoms with Gasteiger partial charge in [-0.05, 0) is 48.9 Å². The molecule has 6 heteroatoms. The van der Waals surface area contributed by atoms with Crippen LogP contribution in [0.25, 0.3) is 0 Å². The molecule has 0 unspecified atom stereocenters. The van der Waals surface area contributed by atoms with Crippen LogP contribution in [0.2, 0.25) is 0 Å². The molecule has 0 atom stereocenters. The van der Waals surface area contributed by atoms with E-state index in [-0.39, 0.29) is 24.3 Å². The first kappa shape index (κ1) is 17.0. The van der Waals surface area contributed by atoms with Gasteiger partial charge in [-0.2, -0.15) is 0 Å². The Morgan fingerprint density at radius 2 is 2.00 bits per heavy atom. The van der Waals surface area contributed by atoms with Crippen molar-refractivity contribution in [1.29, 1.82) is 0 Å². The molecule has 1 saturated heterocycles. The third kappa shape index (κ3) is 3.79. The molecular formula is C19H19FN2O3. The van der Waals surface area contributed by atoms with Crippen LogP contribution in [0.5, 0.6) is 5.75 Å². The third-order valence-electron chi connectivity index (χ3n) is 4.18. The number of rotatable bonds is 5. The molecular weight excluding hydrogens is 323 g/mol. The molecule has 25 heavy (non-hydrogen) atoms. The second kappa shape index (κ2) is 7.34. The first-order valence-electron chi connectivity index (χ1n) is 8.08. The molecule has 0 bridgehead atoms. The SMILES string of the molecule is COc1cccc(C(=O)N(CN2CCCC2=O)c2ccc(F)cc2)c1. The average Bonchev–Trinajstić information content (AvgIpc) is 3.05. The fraction of sp³-hybridized carbons (Fsp3) is 0.263. The fourth-order valence-electron chi connectivity index (χ4n) is 2.82. The summed E-state index contributed by atoms with van der Waals surface area (Å²) in [6.07, 6.45) is 1.27. The van der Waals surface area contributed by atoms with Gasteiger partial charge >= 0.3 is 0 Å². The summed E-state index contributed by atoms with van der Waals surface area (Å²) in [6.45, 7) is 0.752. The maximum Gasteiger partial charge on any atom is 0.259 e. The summed E-state index contributed by atoms with van der Waals surface area (Å²) in [5.74, 6) is -0.0623. The van der Waals surface area contributed by atoms with Crippen LogP contribution >= 0.6 is 0 Å². The number of benzene rings is 2. The Kier molecular flexibility index (Phi) is 4.97. The Bertz CT molecular complexity index is 776. The van der Waals surface area contributed by atoms with Crippen LogP contribution in [0.15, 0.2) is 48.5 Å². The monoisotopic (exact) mass is 342 g/mol. The predicted octanol–water partition coefficient (Wildman–Crippen LogP) is 3.06. The molecule has 130 valence electrons. The number of anilines is 1. The van der Waals surface area contributed by atoms with Crippen LogP contribution in [0, 0.1) is 5.82 Å². The Morgan fingerprint density at radius 3 is 2.64 bits per heavy atom. The van der Waals surface area contributed by atoms with Gasteiger partial charge in [0, 0.05) is 24.2 Å². The predicted molar refractivity (Wildman–Crippen MR) is 92.0 cm³/mol. The second-order valence-corrected chi connectivity index (χ2v) is 5.84. The number of hydrogen-bond donors (Lipinski definition) is 0. The minimum Gasteiger partial charge on any atom is -0.497 e. The van der Waals surface area contributed by atoms with E-state index in [1.807, 2.05) is 0 Å². The zero-order valence-corrected chi connectivity index (χ0v) is 13.9. The van der Waals surface area contributed by atoms with Crippen LogP contribution in [0.4, 0.5) is 10.1 Å². The molecule has 1 heterocycles. The third-order valence-corrected chi connectivity index (χ3v) is 4.18. The molecule has 1 fully saturated rings. The minimum absolute atomic E-state index is 0.0190. The van der Waals surface area contributed by atoms with E-state index in [9.17, 15) is 14.0 Å². The van der Waals surface area contributed by atoms with Crippen molar-refractivity contribution in [2.75, 3.05) is 25.2 Å². The number of nitrogens with zero attached hydrogens (tertiary/aromatic N) is 2. The van der Waals surface area contributed by atoms with E-state index in [2.05, 4.69) is 0 Å². The molecule has 3 rings (SSSR count). The Hall–Kier alpha value is -2.89. The summed E-state index contributed by atoms with van der Waals surface area (Å²) in [7, 11) is 1.53. The van der Waals surface area contributed by atoms with Gasteiger partial charge in [0.15, 0.2) is 0 Å². The smallest absolute Gasteiger partial charge is 0.259 e. The number of carbonyl (C=O) groups is 2. The number of hydrogen-bond acceptors (Lipinski definition) is 3. The van der Waals surface area contributed by atoms with E-state index in [0.717, 1.165) is 6.42 Å². The number of halogens is 1. The van der Waals surface area contributed by atoms with Gasteiger partial charge in [0.05, 0.1) is 7.11 Å². The van der Waals surface area contributed by atoms with E-state index >= 15 is 0 Å². The summed E-state index contributed by atoms with van der Waals surface area (Å²) < 4.78 is 18.4. The maximum atomic E-state index is 13.3. The lowest BCUT2D eigenvalue weighted by molar-refractivity contribution is -0.127. The van der Waals surface area contributed by atoms with Crippen molar-refractivity contribution in [3.8, 4) is 5.75 Å². The molecule has 1 aliphatic heterocycles. The molecule has 2 aromatic carbocycles. The first-order chi connectivity index (χ1) is 12.1. The van der Waals surface area contributed by atoms with Gasteiger partial charge in [-0.15, -0.1) is 0 Å². The summed E-state index contributed by atoms with van der Waals surface area (Å²) >= 11 is 0. The van der Waals surface area contributed by atoms with Crippen molar-refractivity contribution in [1.82, 2.24) is 4.90 Å². The van der Waals surface area contributed by atoms with E-state index in [1.54, 1.807) is 29.2 Å². The van der Waals surface area contributed by atoms with Gasteiger partial charge in [0.25, 0.3) is 5.91 Å². The number of likely N-dealkylation sites (tertiary alicyclic amines) is 1. The molecule has 2 aromatic rings. The lowest BCUT2D eigenvalue weighted by Crippen LogP contribution is -2.42. The molecule has 0 spiro atoms. The van der Waals surface area contributed by atoms with Crippen molar-refractivity contribution in [3.63, 3.8) is 0 Å². The Balaban J connectivity index is 1.92. The van der Waals surface area contributed by atoms with Gasteiger partial charge in [0.2, 0.25) is 5.91 Å². The molecule has 0 N–H and O–H groups in total. The zero-order valence-electron chi connectivity index (χ0n) is 13.9. The number of amides is 2. The number of carbonyl (C=O) groups excluding carboxylic acids is 2. The van der Waals surface area contributed by atoms with Crippen LogP contribution in [0.1, 0.15) is 23.2 Å². The van der Waals surface area contributed by atoms with Gasteiger partial charge in [-0.1, -0.05) is 6.07 Å². The number of methoxy groups -OCH3 is 1. The quantitative estimate of drug-likeness (QED) is 0.839. The second-order valence-electron chi connectivity index (χ2n) is 5.84. The Morgan fingerprint density at radius 1 is 1.24 bits per heavy atom. The van der Waals surface area contributed by atoms with Crippen molar-refractivity contribution in [2.24, 2.45) is 0 Å². The minimum atomic E-state index is -0.380. The van der Waals surface area contributed by atoms with Crippen LogP contribution in [-0.4, -0.2) is 37.0 Å². The van der Waals surface area contributed by atoms with E-state index < -0.39 is 0 Å². The lowest BCUT2D eigenvalue weighted by atomic mass is 10.1. The topological polar surface area (TPSA) is 49.9 Å². The van der Waals surface area contributed by atoms with Gasteiger partial charge in [-0.3, -0.25) is 14.5 Å². The molecule has 0 aromatic heterocycles. The van der Waals surface area contributed by atoms with Crippen molar-refractivity contribution < 1.29 is 18.7 Å². The van der Waals surface area contributed by atoms with Gasteiger partial charge in [-0.25, -0.2) is 4.39 Å². The van der Waals surface area contributed by atoms with E-state index in [0.29, 0.717) is 30.0 Å². The van der Waals surface area contributed by atoms with Crippen molar-refractivity contribution >= 4 is 17.5 Å². The summed E-state index contributed by atoms with van der Waals surface area (Å²) in [4.78, 5) is 28.1. The van der Waals surface area contributed by atoms with E-state index in [1.165, 1.54) is 36.3 Å². The number of ether oxygens (including phenoxy) is 1. The summed E-state index contributed by atoms with van der Waals surface area (Å²) in [5.41, 5.74) is 0.976. The van der Waals surface area contributed by atoms with Crippen LogP contribution < -0.4 is 9.64 Å². The standard InChI is InChI=1S/C19H19FN2O3/c1-25-17-5-2-4-14(12-17)19(24)22(13-21-11-3-6-18(21)23)16-9-7-15(20)8-10-16/h2,4-5,7-10,12H,3,6,11,13H2,1H3. The highest BCUT2D eigenvalue weighted by molar-refractivity contribution is 6.06. The van der Waals surface area contributed by atoms with Crippen molar-refractivity contribution in [3.05, 3.63) is 59.9 Å². The normalized spacial score (nSPS) is 13.8. The van der Waals surface area contributed by atoms with Crippen molar-refractivity contribution in [2.45, 2.75) is 12.8 Å². The largest absolute Gasteiger partial charge is 0.497 e. The highest BCUT2D eigenvalue weighted by Crippen LogP contribution is 2.22. The fourth-order valence-corrected chi connectivity index (χ4v) is 2.82. The molecule has 0 saturated carbocycles. The van der Waals surface area contributed by atoms with Gasteiger partial charge < -0.3 is 9.64 Å².